The van der Waals surface area contributed by atoms with E-state index in [1.165, 1.54) is 6.92 Å². The lowest BCUT2D eigenvalue weighted by molar-refractivity contribution is -0.223. The molecule has 96 valence electrons. The van der Waals surface area contributed by atoms with Crippen molar-refractivity contribution in [1.29, 1.82) is 0 Å². The van der Waals surface area contributed by atoms with E-state index in [0.717, 1.165) is 6.92 Å². The Morgan fingerprint density at radius 2 is 1.50 bits per heavy atom. The van der Waals surface area contributed by atoms with Crippen LogP contribution in [0.3, 0.4) is 0 Å². The molecule has 0 rings (SSSR count). The first-order chi connectivity index (χ1) is 7.19. The fourth-order valence-corrected chi connectivity index (χ4v) is 0.737. The van der Waals surface area contributed by atoms with Crippen LogP contribution in [0.15, 0.2) is 11.7 Å². The van der Waals surface area contributed by atoms with E-state index < -0.39 is 36.7 Å². The Hall–Kier alpha value is -0.720. The third-order valence-corrected chi connectivity index (χ3v) is 1.70. The molecular formula is C9H12F6O. The molecule has 7 heteroatoms. The molecule has 0 aliphatic rings. The van der Waals surface area contributed by atoms with Crippen molar-refractivity contribution in [3.05, 3.63) is 11.7 Å². The van der Waals surface area contributed by atoms with E-state index >= 15 is 0 Å². The van der Waals surface area contributed by atoms with E-state index in [0.29, 0.717) is 0 Å². The molecule has 0 unspecified atom stereocenters. The van der Waals surface area contributed by atoms with Crippen LogP contribution in [0.1, 0.15) is 26.7 Å². The van der Waals surface area contributed by atoms with Crippen LogP contribution in [0.25, 0.3) is 0 Å². The highest BCUT2D eigenvalue weighted by Crippen LogP contribution is 2.38. The van der Waals surface area contributed by atoms with E-state index in [-0.39, 0.29) is 6.42 Å². The third-order valence-electron chi connectivity index (χ3n) is 1.70. The first-order valence-electron chi connectivity index (χ1n) is 4.64. The minimum absolute atomic E-state index is 0.120. The van der Waals surface area contributed by atoms with Gasteiger partial charge in [-0.25, -0.2) is 4.39 Å². The lowest BCUT2D eigenvalue weighted by Gasteiger charge is -2.18. The topological polar surface area (TPSA) is 9.23 Å². The molecule has 0 atom stereocenters. The largest absolute Gasteiger partial charge is 0.412 e. The monoisotopic (exact) mass is 250 g/mol. The van der Waals surface area contributed by atoms with Crippen LogP contribution >= 0.6 is 0 Å². The molecular weight excluding hydrogens is 238 g/mol. The van der Waals surface area contributed by atoms with Gasteiger partial charge in [-0.05, 0) is 6.42 Å². The summed E-state index contributed by atoms with van der Waals surface area (Å²) in [6.07, 6.45) is -5.65. The molecule has 0 aliphatic heterocycles. The zero-order valence-electron chi connectivity index (χ0n) is 8.80. The Labute approximate surface area is 89.1 Å². The van der Waals surface area contributed by atoms with Crippen LogP contribution in [0.5, 0.6) is 0 Å². The van der Waals surface area contributed by atoms with Crippen molar-refractivity contribution in [1.82, 2.24) is 0 Å². The van der Waals surface area contributed by atoms with Gasteiger partial charge in [-0.2, -0.15) is 22.0 Å². The van der Waals surface area contributed by atoms with Gasteiger partial charge in [0.1, 0.15) is 0 Å². The summed E-state index contributed by atoms with van der Waals surface area (Å²) in [7, 11) is 0. The summed E-state index contributed by atoms with van der Waals surface area (Å²) in [5.74, 6) is -9.90. The fraction of sp³-hybridized carbons (Fsp3) is 0.778. The quantitative estimate of drug-likeness (QED) is 0.642. The highest BCUT2D eigenvalue weighted by atomic mass is 19.3. The van der Waals surface area contributed by atoms with Crippen LogP contribution in [-0.4, -0.2) is 18.6 Å². The molecule has 0 saturated heterocycles. The van der Waals surface area contributed by atoms with Crippen molar-refractivity contribution < 1.29 is 31.1 Å². The smallest absolute Gasteiger partial charge is 0.315 e. The molecule has 0 radical (unpaired) electrons. The molecule has 0 aromatic carbocycles. The number of hydrogen-bond acceptors (Lipinski definition) is 1. The summed E-state index contributed by atoms with van der Waals surface area (Å²) in [5.41, 5.74) is 0. The van der Waals surface area contributed by atoms with Gasteiger partial charge in [0.2, 0.25) is 11.7 Å². The lowest BCUT2D eigenvalue weighted by Crippen LogP contribution is -2.27. The van der Waals surface area contributed by atoms with Gasteiger partial charge in [0.25, 0.3) is 0 Å². The maximum atomic E-state index is 12.7. The van der Waals surface area contributed by atoms with Gasteiger partial charge in [-0.15, -0.1) is 0 Å². The zero-order valence-corrected chi connectivity index (χ0v) is 8.80. The van der Waals surface area contributed by atoms with E-state index in [1.807, 2.05) is 0 Å². The number of ether oxygens (including phenoxy) is 1. The van der Waals surface area contributed by atoms with Crippen molar-refractivity contribution in [3.63, 3.8) is 0 Å². The number of alkyl halides is 4. The van der Waals surface area contributed by atoms with Crippen molar-refractivity contribution in [3.8, 4) is 0 Å². The Morgan fingerprint density at radius 3 is 1.88 bits per heavy atom. The summed E-state index contributed by atoms with van der Waals surface area (Å²) < 4.78 is 79.6. The third kappa shape index (κ3) is 3.70. The first kappa shape index (κ1) is 15.3. The minimum Gasteiger partial charge on any atom is -0.315 e. The zero-order chi connectivity index (χ0) is 13.0. The summed E-state index contributed by atoms with van der Waals surface area (Å²) in [6, 6.07) is 0. The molecule has 0 spiro atoms. The van der Waals surface area contributed by atoms with Crippen molar-refractivity contribution in [2.24, 2.45) is 0 Å². The highest BCUT2D eigenvalue weighted by Gasteiger charge is 2.46. The lowest BCUT2D eigenvalue weighted by atomic mass is 10.2. The average molecular weight is 250 g/mol. The van der Waals surface area contributed by atoms with Crippen LogP contribution < -0.4 is 0 Å². The second-order valence-electron chi connectivity index (χ2n) is 3.05. The average Bonchev–Trinajstić information content (AvgIpc) is 2.24. The van der Waals surface area contributed by atoms with E-state index in [1.54, 1.807) is 0 Å². The van der Waals surface area contributed by atoms with Crippen LogP contribution in [-0.2, 0) is 4.74 Å². The Kier molecular flexibility index (Phi) is 5.31. The van der Waals surface area contributed by atoms with E-state index in [4.69, 9.17) is 0 Å². The van der Waals surface area contributed by atoms with Crippen LogP contribution in [0.2, 0.25) is 0 Å². The number of hydrogen-bond donors (Lipinski definition) is 0. The SMILES string of the molecule is CCCOC(F)(F)/C(F)=C(\F)C(F)(F)CC. The molecule has 0 heterocycles. The Balaban J connectivity index is 4.99. The van der Waals surface area contributed by atoms with Crippen molar-refractivity contribution >= 4 is 0 Å². The van der Waals surface area contributed by atoms with Gasteiger partial charge in [0.15, 0.2) is 0 Å². The number of allylic oxidation sites excluding steroid dienone is 1. The Morgan fingerprint density at radius 1 is 1.00 bits per heavy atom. The van der Waals surface area contributed by atoms with Gasteiger partial charge in [0, 0.05) is 6.42 Å². The fourth-order valence-electron chi connectivity index (χ4n) is 0.737. The molecule has 0 aromatic heterocycles. The number of rotatable bonds is 6. The maximum absolute atomic E-state index is 12.7. The van der Waals surface area contributed by atoms with E-state index in [2.05, 4.69) is 4.74 Å². The molecule has 1 nitrogen and oxygen atoms in total. The van der Waals surface area contributed by atoms with Gasteiger partial charge in [-0.1, -0.05) is 13.8 Å². The molecule has 16 heavy (non-hydrogen) atoms. The first-order valence-corrected chi connectivity index (χ1v) is 4.64. The highest BCUT2D eigenvalue weighted by molar-refractivity contribution is 5.13. The second-order valence-corrected chi connectivity index (χ2v) is 3.05. The predicted octanol–water partition coefficient (Wildman–Crippen LogP) is 4.20. The standard InChI is InChI=1S/C9H12F6O/c1-3-5-16-9(14,15)7(11)6(10)8(12,13)4-2/h3-5H2,1-2H3/b7-6+. The van der Waals surface area contributed by atoms with E-state index in [9.17, 15) is 26.3 Å². The molecule has 0 aromatic rings. The molecule has 0 bridgehead atoms. The van der Waals surface area contributed by atoms with Crippen LogP contribution in [0, 0.1) is 0 Å². The Bertz CT molecular complexity index is 261. The van der Waals surface area contributed by atoms with Crippen molar-refractivity contribution in [2.45, 2.75) is 38.7 Å². The van der Waals surface area contributed by atoms with Crippen molar-refractivity contribution in [2.75, 3.05) is 6.61 Å². The summed E-state index contributed by atoms with van der Waals surface area (Å²) >= 11 is 0. The van der Waals surface area contributed by atoms with Gasteiger partial charge >= 0.3 is 12.0 Å². The number of halogens is 6. The van der Waals surface area contributed by atoms with Gasteiger partial charge < -0.3 is 4.74 Å². The summed E-state index contributed by atoms with van der Waals surface area (Å²) in [5, 5.41) is 0. The van der Waals surface area contributed by atoms with Crippen LogP contribution in [0.4, 0.5) is 26.3 Å². The molecule has 0 N–H and O–H groups in total. The molecule has 0 fully saturated rings. The minimum atomic E-state index is -4.65. The normalized spacial score (nSPS) is 15.0. The second kappa shape index (κ2) is 5.56. The molecule has 0 saturated carbocycles. The van der Waals surface area contributed by atoms with Gasteiger partial charge in [-0.3, -0.25) is 0 Å². The predicted molar refractivity (Wildman–Crippen MR) is 45.7 cm³/mol. The maximum Gasteiger partial charge on any atom is 0.412 e. The molecule has 0 aliphatic carbocycles. The summed E-state index contributed by atoms with van der Waals surface area (Å²) in [4.78, 5) is 0. The molecule has 0 amide bonds. The van der Waals surface area contributed by atoms with Gasteiger partial charge in [0.05, 0.1) is 6.61 Å². The summed E-state index contributed by atoms with van der Waals surface area (Å²) in [6.45, 7) is 1.73.